The summed E-state index contributed by atoms with van der Waals surface area (Å²) in [5, 5.41) is 3.03. The fraction of sp³-hybridized carbons (Fsp3) is 0.409. The molecule has 1 aliphatic heterocycles. The van der Waals surface area contributed by atoms with Crippen LogP contribution in [-0.2, 0) is 23.0 Å². The topological polar surface area (TPSA) is 78.5 Å². The van der Waals surface area contributed by atoms with Gasteiger partial charge < -0.3 is 5.32 Å². The lowest BCUT2D eigenvalue weighted by Crippen LogP contribution is -2.48. The summed E-state index contributed by atoms with van der Waals surface area (Å²) >= 11 is 0. The first-order valence-corrected chi connectivity index (χ1v) is 11.8. The fourth-order valence-corrected chi connectivity index (χ4v) is 4.38. The molecule has 2 N–H and O–H groups in total. The number of nitrogens with one attached hydrogen (secondary N) is 2. The number of nitrogens with zero attached hydrogens (tertiary/aromatic N) is 1. The Balaban J connectivity index is 1.65. The Morgan fingerprint density at radius 1 is 1.10 bits per heavy atom. The first-order valence-electron chi connectivity index (χ1n) is 9.90. The number of fused-ring (bicyclic) bond motifs is 1. The van der Waals surface area contributed by atoms with Crippen LogP contribution in [0.25, 0.3) is 0 Å². The fourth-order valence-electron chi connectivity index (χ4n) is 3.82. The zero-order valence-corrected chi connectivity index (χ0v) is 18.0. The number of carbonyl (C=O) groups excluding carboxylic acids is 1. The second-order valence-electron chi connectivity index (χ2n) is 7.97. The van der Waals surface area contributed by atoms with E-state index in [4.69, 9.17) is 0 Å². The van der Waals surface area contributed by atoms with Gasteiger partial charge in [0.1, 0.15) is 0 Å². The molecule has 0 bridgehead atoms. The van der Waals surface area contributed by atoms with Crippen LogP contribution >= 0.6 is 0 Å². The predicted molar refractivity (Wildman–Crippen MR) is 116 cm³/mol. The van der Waals surface area contributed by atoms with E-state index in [9.17, 15) is 13.2 Å². The summed E-state index contributed by atoms with van der Waals surface area (Å²) in [6.07, 6.45) is 2.11. The average molecular weight is 416 g/mol. The van der Waals surface area contributed by atoms with Crippen LogP contribution in [0.5, 0.6) is 0 Å². The molecular formula is C22H29N3O3S. The van der Waals surface area contributed by atoms with Crippen LogP contribution in [0.4, 0.5) is 5.69 Å². The summed E-state index contributed by atoms with van der Waals surface area (Å²) in [5.74, 6) is 0.184. The number of carbonyl (C=O) groups is 1. The molecular weight excluding hydrogens is 386 g/mol. The monoisotopic (exact) mass is 415 g/mol. The molecule has 7 heteroatoms. The third-order valence-corrected chi connectivity index (χ3v) is 5.90. The molecule has 156 valence electrons. The lowest BCUT2D eigenvalue weighted by atomic mass is 9.95. The van der Waals surface area contributed by atoms with Crippen molar-refractivity contribution in [2.45, 2.75) is 32.9 Å². The molecule has 0 spiro atoms. The van der Waals surface area contributed by atoms with Crippen molar-refractivity contribution in [1.29, 1.82) is 0 Å². The number of hydrogen-bond acceptors (Lipinski definition) is 4. The van der Waals surface area contributed by atoms with Gasteiger partial charge in [-0.3, -0.25) is 14.4 Å². The number of anilines is 1. The van der Waals surface area contributed by atoms with Gasteiger partial charge in [0.05, 0.1) is 6.26 Å². The number of amides is 1. The molecule has 0 aliphatic carbocycles. The van der Waals surface area contributed by atoms with Crippen molar-refractivity contribution in [3.63, 3.8) is 0 Å². The van der Waals surface area contributed by atoms with Gasteiger partial charge in [-0.15, -0.1) is 0 Å². The number of benzene rings is 2. The van der Waals surface area contributed by atoms with Gasteiger partial charge in [0.15, 0.2) is 0 Å². The largest absolute Gasteiger partial charge is 0.350 e. The molecule has 0 fully saturated rings. The third-order valence-electron chi connectivity index (χ3n) is 5.30. The Morgan fingerprint density at radius 2 is 1.83 bits per heavy atom. The van der Waals surface area contributed by atoms with Gasteiger partial charge in [0.25, 0.3) is 5.91 Å². The molecule has 6 nitrogen and oxygen atoms in total. The minimum absolute atomic E-state index is 0.204. The number of hydrogen-bond donors (Lipinski definition) is 2. The Hall–Kier alpha value is -2.38. The van der Waals surface area contributed by atoms with Gasteiger partial charge in [0, 0.05) is 36.9 Å². The molecule has 0 radical (unpaired) electrons. The molecule has 1 heterocycles. The normalized spacial score (nSPS) is 15.6. The van der Waals surface area contributed by atoms with E-state index >= 15 is 0 Å². The highest BCUT2D eigenvalue weighted by atomic mass is 32.2. The molecule has 0 saturated heterocycles. The summed E-state index contributed by atoms with van der Waals surface area (Å²) < 4.78 is 25.2. The van der Waals surface area contributed by atoms with Crippen LogP contribution in [0, 0.1) is 5.92 Å². The van der Waals surface area contributed by atoms with Crippen molar-refractivity contribution >= 4 is 21.6 Å². The van der Waals surface area contributed by atoms with Crippen LogP contribution < -0.4 is 10.0 Å². The first kappa shape index (κ1) is 21.3. The van der Waals surface area contributed by atoms with Gasteiger partial charge in [-0.05, 0) is 41.7 Å². The highest BCUT2D eigenvalue weighted by molar-refractivity contribution is 7.92. The Bertz CT molecular complexity index is 973. The maximum atomic E-state index is 12.7. The minimum atomic E-state index is -3.38. The van der Waals surface area contributed by atoms with E-state index in [1.54, 1.807) is 24.3 Å². The van der Waals surface area contributed by atoms with E-state index in [0.717, 1.165) is 25.8 Å². The maximum Gasteiger partial charge on any atom is 0.251 e. The SMILES string of the molecule is CC(C)[C@H](CNC(=O)c1cccc(NS(C)(=O)=O)c1)N1CCc2ccccc2C1. The second-order valence-corrected chi connectivity index (χ2v) is 9.71. The van der Waals surface area contributed by atoms with Gasteiger partial charge in [0.2, 0.25) is 10.0 Å². The average Bonchev–Trinajstić information content (AvgIpc) is 2.66. The van der Waals surface area contributed by atoms with Crippen molar-refractivity contribution in [2.24, 2.45) is 5.92 Å². The summed E-state index contributed by atoms with van der Waals surface area (Å²) in [6.45, 7) is 6.76. The van der Waals surface area contributed by atoms with Gasteiger partial charge >= 0.3 is 0 Å². The van der Waals surface area contributed by atoms with Crippen molar-refractivity contribution in [3.8, 4) is 0 Å². The molecule has 0 saturated carbocycles. The first-order chi connectivity index (χ1) is 13.7. The smallest absolute Gasteiger partial charge is 0.251 e. The summed E-state index contributed by atoms with van der Waals surface area (Å²) in [7, 11) is -3.38. The van der Waals surface area contributed by atoms with Crippen LogP contribution in [-0.4, -0.2) is 44.6 Å². The Labute approximate surface area is 173 Å². The minimum Gasteiger partial charge on any atom is -0.350 e. The quantitative estimate of drug-likeness (QED) is 0.729. The lowest BCUT2D eigenvalue weighted by Gasteiger charge is -2.38. The van der Waals surface area contributed by atoms with Gasteiger partial charge in [-0.1, -0.05) is 44.2 Å². The molecule has 0 aromatic heterocycles. The summed E-state index contributed by atoms with van der Waals surface area (Å²) in [5.41, 5.74) is 3.58. The van der Waals surface area contributed by atoms with Crippen molar-refractivity contribution < 1.29 is 13.2 Å². The molecule has 3 rings (SSSR count). The molecule has 1 aliphatic rings. The van der Waals surface area contributed by atoms with Crippen molar-refractivity contribution in [1.82, 2.24) is 10.2 Å². The van der Waals surface area contributed by atoms with E-state index < -0.39 is 10.0 Å². The molecule has 1 atom stereocenters. The van der Waals surface area contributed by atoms with Crippen LogP contribution in [0.3, 0.4) is 0 Å². The van der Waals surface area contributed by atoms with Crippen LogP contribution in [0.1, 0.15) is 35.3 Å². The third kappa shape index (κ3) is 5.81. The molecule has 29 heavy (non-hydrogen) atoms. The van der Waals surface area contributed by atoms with Crippen molar-refractivity contribution in [2.75, 3.05) is 24.1 Å². The second kappa shape index (κ2) is 8.97. The van der Waals surface area contributed by atoms with Crippen LogP contribution in [0.15, 0.2) is 48.5 Å². The molecule has 0 unspecified atom stereocenters. The summed E-state index contributed by atoms with van der Waals surface area (Å²) in [4.78, 5) is 15.1. The van der Waals surface area contributed by atoms with Gasteiger partial charge in [-0.25, -0.2) is 8.42 Å². The van der Waals surface area contributed by atoms with E-state index in [1.165, 1.54) is 11.1 Å². The predicted octanol–water partition coefficient (Wildman–Crippen LogP) is 2.87. The van der Waals surface area contributed by atoms with Crippen molar-refractivity contribution in [3.05, 3.63) is 65.2 Å². The molecule has 2 aromatic rings. The molecule has 1 amide bonds. The number of sulfonamides is 1. The van der Waals surface area contributed by atoms with E-state index in [2.05, 4.69) is 53.1 Å². The highest BCUT2D eigenvalue weighted by Gasteiger charge is 2.26. The lowest BCUT2D eigenvalue weighted by molar-refractivity contribution is 0.0904. The summed E-state index contributed by atoms with van der Waals surface area (Å²) in [6, 6.07) is 15.3. The van der Waals surface area contributed by atoms with Crippen LogP contribution in [0.2, 0.25) is 0 Å². The number of rotatable bonds is 7. The van der Waals surface area contributed by atoms with E-state index in [1.807, 2.05) is 0 Å². The standard InChI is InChI=1S/C22H29N3O3S/c1-16(2)21(25-12-11-17-7-4-5-8-19(17)15-25)14-23-22(26)18-9-6-10-20(13-18)24-29(3,27)28/h4-10,13,16,21,24H,11-12,14-15H2,1-3H3,(H,23,26)/t21-/m0/s1. The zero-order valence-electron chi connectivity index (χ0n) is 17.2. The van der Waals surface area contributed by atoms with E-state index in [-0.39, 0.29) is 11.9 Å². The zero-order chi connectivity index (χ0) is 21.0. The van der Waals surface area contributed by atoms with Gasteiger partial charge in [-0.2, -0.15) is 0 Å². The highest BCUT2D eigenvalue weighted by Crippen LogP contribution is 2.23. The Kier molecular flexibility index (Phi) is 6.59. The van der Waals surface area contributed by atoms with E-state index in [0.29, 0.717) is 23.7 Å². The maximum absolute atomic E-state index is 12.7. The Morgan fingerprint density at radius 3 is 2.52 bits per heavy atom. The molecule has 2 aromatic carbocycles.